The summed E-state index contributed by atoms with van der Waals surface area (Å²) in [5.74, 6) is -0.347. The summed E-state index contributed by atoms with van der Waals surface area (Å²) in [5, 5.41) is 9.53. The second-order valence-corrected chi connectivity index (χ2v) is 6.54. The number of nitrogens with zero attached hydrogens (tertiary/aromatic N) is 1. The average Bonchev–Trinajstić information content (AvgIpc) is 3.39. The predicted octanol–water partition coefficient (Wildman–Crippen LogP) is 3.01. The fourth-order valence-electron chi connectivity index (χ4n) is 2.27. The zero-order valence-corrected chi connectivity index (χ0v) is 16.2. The Hall–Kier alpha value is -3.33. The minimum absolute atomic E-state index is 0.120. The van der Waals surface area contributed by atoms with Crippen molar-refractivity contribution < 1.29 is 18.4 Å². The second kappa shape index (κ2) is 9.56. The molecule has 0 saturated heterocycles. The van der Waals surface area contributed by atoms with Crippen LogP contribution in [0.1, 0.15) is 17.1 Å². The number of amides is 2. The maximum atomic E-state index is 11.8. The number of rotatable bonds is 7. The Bertz CT molecular complexity index is 952. The smallest absolute Gasteiger partial charge is 0.329 e. The van der Waals surface area contributed by atoms with Gasteiger partial charge in [0.15, 0.2) is 0 Å². The SMILES string of the molecule is O=C(NCc1ccco1)C(=O)N/N=C\c1cc(Br)ccc1NCc1ccco1. The molecule has 9 heteroatoms. The Balaban J connectivity index is 1.55. The van der Waals surface area contributed by atoms with E-state index in [2.05, 4.69) is 37.1 Å². The molecule has 0 aliphatic rings. The largest absolute Gasteiger partial charge is 0.467 e. The Labute approximate surface area is 169 Å². The molecule has 2 aromatic heterocycles. The van der Waals surface area contributed by atoms with Gasteiger partial charge in [0, 0.05) is 15.7 Å². The number of nitrogens with one attached hydrogen (secondary N) is 3. The lowest BCUT2D eigenvalue weighted by molar-refractivity contribution is -0.139. The van der Waals surface area contributed by atoms with Crippen LogP contribution in [0, 0.1) is 0 Å². The molecule has 3 aromatic rings. The number of furan rings is 2. The van der Waals surface area contributed by atoms with E-state index < -0.39 is 11.8 Å². The van der Waals surface area contributed by atoms with E-state index in [4.69, 9.17) is 8.83 Å². The van der Waals surface area contributed by atoms with Crippen LogP contribution in [0.15, 0.2) is 73.4 Å². The number of hydrogen-bond donors (Lipinski definition) is 3. The first-order valence-electron chi connectivity index (χ1n) is 8.31. The number of anilines is 1. The van der Waals surface area contributed by atoms with E-state index in [9.17, 15) is 9.59 Å². The van der Waals surface area contributed by atoms with Crippen LogP contribution in [0.2, 0.25) is 0 Å². The number of benzene rings is 1. The van der Waals surface area contributed by atoms with E-state index in [-0.39, 0.29) is 6.54 Å². The normalized spacial score (nSPS) is 10.8. The van der Waals surface area contributed by atoms with Gasteiger partial charge in [-0.1, -0.05) is 15.9 Å². The van der Waals surface area contributed by atoms with Crippen LogP contribution in [0.25, 0.3) is 0 Å². The molecule has 28 heavy (non-hydrogen) atoms. The van der Waals surface area contributed by atoms with Crippen molar-refractivity contribution in [1.29, 1.82) is 0 Å². The van der Waals surface area contributed by atoms with Crippen molar-refractivity contribution in [3.05, 3.63) is 76.5 Å². The highest BCUT2D eigenvalue weighted by Crippen LogP contribution is 2.20. The molecule has 8 nitrogen and oxygen atoms in total. The van der Waals surface area contributed by atoms with Gasteiger partial charge in [0.05, 0.1) is 31.8 Å². The third-order valence-electron chi connectivity index (χ3n) is 3.63. The summed E-state index contributed by atoms with van der Waals surface area (Å²) in [6, 6.07) is 12.6. The molecule has 0 aliphatic carbocycles. The van der Waals surface area contributed by atoms with Gasteiger partial charge in [0.1, 0.15) is 11.5 Å². The number of carbonyl (C=O) groups excluding carboxylic acids is 2. The van der Waals surface area contributed by atoms with Gasteiger partial charge >= 0.3 is 11.8 Å². The number of halogens is 1. The van der Waals surface area contributed by atoms with Gasteiger partial charge in [0.25, 0.3) is 0 Å². The third kappa shape index (κ3) is 5.58. The van der Waals surface area contributed by atoms with Crippen LogP contribution in [0.3, 0.4) is 0 Å². The Morgan fingerprint density at radius 3 is 2.39 bits per heavy atom. The lowest BCUT2D eigenvalue weighted by atomic mass is 10.2. The summed E-state index contributed by atoms with van der Waals surface area (Å²) < 4.78 is 11.2. The molecule has 1 aromatic carbocycles. The molecule has 0 unspecified atom stereocenters. The lowest BCUT2D eigenvalue weighted by Gasteiger charge is -2.09. The van der Waals surface area contributed by atoms with Gasteiger partial charge in [-0.05, 0) is 42.5 Å². The maximum absolute atomic E-state index is 11.8. The Kier molecular flexibility index (Phi) is 6.64. The molecule has 0 saturated carbocycles. The van der Waals surface area contributed by atoms with Gasteiger partial charge in [-0.3, -0.25) is 9.59 Å². The van der Waals surface area contributed by atoms with Gasteiger partial charge in [-0.25, -0.2) is 5.43 Å². The van der Waals surface area contributed by atoms with Crippen LogP contribution in [0.4, 0.5) is 5.69 Å². The van der Waals surface area contributed by atoms with Gasteiger partial charge in [-0.2, -0.15) is 5.10 Å². The summed E-state index contributed by atoms with van der Waals surface area (Å²) >= 11 is 3.40. The summed E-state index contributed by atoms with van der Waals surface area (Å²) in [4.78, 5) is 23.6. The van der Waals surface area contributed by atoms with Gasteiger partial charge < -0.3 is 19.5 Å². The molecule has 144 valence electrons. The first kappa shape index (κ1) is 19.4. The lowest BCUT2D eigenvalue weighted by Crippen LogP contribution is -2.37. The molecule has 2 amide bonds. The van der Waals surface area contributed by atoms with Crippen molar-refractivity contribution in [2.75, 3.05) is 5.32 Å². The fourth-order valence-corrected chi connectivity index (χ4v) is 2.65. The van der Waals surface area contributed by atoms with E-state index in [0.717, 1.165) is 21.5 Å². The number of hydrogen-bond acceptors (Lipinski definition) is 6. The topological polar surface area (TPSA) is 109 Å². The van der Waals surface area contributed by atoms with E-state index in [1.807, 2.05) is 30.3 Å². The fraction of sp³-hybridized carbons (Fsp3) is 0.105. The van der Waals surface area contributed by atoms with E-state index in [0.29, 0.717) is 12.3 Å². The maximum Gasteiger partial charge on any atom is 0.329 e. The van der Waals surface area contributed by atoms with Crippen LogP contribution in [-0.2, 0) is 22.7 Å². The van der Waals surface area contributed by atoms with Crippen molar-refractivity contribution in [2.24, 2.45) is 5.10 Å². The summed E-state index contributed by atoms with van der Waals surface area (Å²) in [5.41, 5.74) is 3.71. The summed E-state index contributed by atoms with van der Waals surface area (Å²) in [7, 11) is 0. The first-order chi connectivity index (χ1) is 13.6. The third-order valence-corrected chi connectivity index (χ3v) is 4.12. The molecule has 0 fully saturated rings. The monoisotopic (exact) mass is 444 g/mol. The van der Waals surface area contributed by atoms with Crippen molar-refractivity contribution >= 4 is 39.6 Å². The molecule has 0 spiro atoms. The molecule has 2 heterocycles. The molecule has 3 rings (SSSR count). The zero-order chi connectivity index (χ0) is 19.8. The van der Waals surface area contributed by atoms with Gasteiger partial charge in [-0.15, -0.1) is 0 Å². The standard InChI is InChI=1S/C19H17BrN4O4/c20-14-5-6-17(21-11-15-3-1-7-27-15)13(9-14)10-23-24-19(26)18(25)22-12-16-4-2-8-28-16/h1-10,21H,11-12H2,(H,22,25)(H,24,26)/b23-10-. The molecular weight excluding hydrogens is 428 g/mol. The van der Waals surface area contributed by atoms with Crippen molar-refractivity contribution in [3.8, 4) is 0 Å². The highest BCUT2D eigenvalue weighted by molar-refractivity contribution is 9.10. The van der Waals surface area contributed by atoms with Crippen molar-refractivity contribution in [3.63, 3.8) is 0 Å². The highest BCUT2D eigenvalue weighted by atomic mass is 79.9. The average molecular weight is 445 g/mol. The number of hydrazone groups is 1. The zero-order valence-electron chi connectivity index (χ0n) is 14.6. The summed E-state index contributed by atoms with van der Waals surface area (Å²) in [6.07, 6.45) is 4.54. The van der Waals surface area contributed by atoms with Gasteiger partial charge in [0.2, 0.25) is 0 Å². The van der Waals surface area contributed by atoms with E-state index >= 15 is 0 Å². The molecule has 3 N–H and O–H groups in total. The quantitative estimate of drug-likeness (QED) is 0.294. The van der Waals surface area contributed by atoms with Crippen LogP contribution < -0.4 is 16.1 Å². The van der Waals surface area contributed by atoms with E-state index in [1.165, 1.54) is 12.5 Å². The highest BCUT2D eigenvalue weighted by Gasteiger charge is 2.12. The van der Waals surface area contributed by atoms with Crippen LogP contribution in [-0.4, -0.2) is 18.0 Å². The molecule has 0 bridgehead atoms. The predicted molar refractivity (Wildman–Crippen MR) is 106 cm³/mol. The Morgan fingerprint density at radius 1 is 1.00 bits per heavy atom. The van der Waals surface area contributed by atoms with Crippen LogP contribution in [0.5, 0.6) is 0 Å². The molecular formula is C19H17BrN4O4. The number of carbonyl (C=O) groups is 2. The van der Waals surface area contributed by atoms with Crippen molar-refractivity contribution in [1.82, 2.24) is 10.7 Å². The molecule has 0 radical (unpaired) electrons. The van der Waals surface area contributed by atoms with E-state index in [1.54, 1.807) is 18.4 Å². The molecule has 0 atom stereocenters. The molecule has 0 aliphatic heterocycles. The minimum atomic E-state index is -0.872. The minimum Gasteiger partial charge on any atom is -0.467 e. The van der Waals surface area contributed by atoms with Crippen LogP contribution >= 0.6 is 15.9 Å². The van der Waals surface area contributed by atoms with Crippen molar-refractivity contribution in [2.45, 2.75) is 13.1 Å². The first-order valence-corrected chi connectivity index (χ1v) is 9.10. The Morgan fingerprint density at radius 2 is 1.71 bits per heavy atom. The summed E-state index contributed by atoms with van der Waals surface area (Å²) in [6.45, 7) is 0.618. The second-order valence-electron chi connectivity index (χ2n) is 5.63.